The average Bonchev–Trinajstić information content (AvgIpc) is 2.44. The first-order valence-electron chi connectivity index (χ1n) is 3.93. The van der Waals surface area contributed by atoms with Crippen molar-refractivity contribution >= 4 is 30.8 Å². The Morgan fingerprint density at radius 1 is 1.47 bits per heavy atom. The van der Waals surface area contributed by atoms with Gasteiger partial charge in [-0.1, -0.05) is 0 Å². The maximum Gasteiger partial charge on any atom is 0.265 e. The zero-order valence-corrected chi connectivity index (χ0v) is 9.13. The lowest BCUT2D eigenvalue weighted by Crippen LogP contribution is -1.90. The van der Waals surface area contributed by atoms with Crippen molar-refractivity contribution in [2.45, 2.75) is 11.8 Å². The summed E-state index contributed by atoms with van der Waals surface area (Å²) in [5.41, 5.74) is 0.406. The second-order valence-corrected chi connectivity index (χ2v) is 5.47. The molecule has 80 valence electrons. The third-order valence-corrected chi connectivity index (χ3v) is 3.22. The number of aryl methyl sites for hydroxylation is 1. The fourth-order valence-corrected chi connectivity index (χ4v) is 2.20. The molecule has 0 radical (unpaired) electrons. The molecular weight excluding hydrogens is 242 g/mol. The molecule has 2 rings (SSSR count). The molecule has 1 aromatic heterocycles. The van der Waals surface area contributed by atoms with Gasteiger partial charge in [0, 0.05) is 17.6 Å². The van der Waals surface area contributed by atoms with Gasteiger partial charge in [-0.3, -0.25) is 0 Å². The summed E-state index contributed by atoms with van der Waals surface area (Å²) < 4.78 is 27.1. The maximum atomic E-state index is 11.0. The third kappa shape index (κ3) is 1.66. The molecule has 15 heavy (non-hydrogen) atoms. The van der Waals surface area contributed by atoms with E-state index in [-0.39, 0.29) is 10.5 Å². The molecule has 0 aliphatic rings. The van der Waals surface area contributed by atoms with Gasteiger partial charge in [-0.2, -0.15) is 0 Å². The second kappa shape index (κ2) is 3.11. The number of nitrogens with zero attached hydrogens (tertiary/aromatic N) is 1. The van der Waals surface area contributed by atoms with Crippen molar-refractivity contribution in [3.63, 3.8) is 0 Å². The van der Waals surface area contributed by atoms with Crippen molar-refractivity contribution in [2.24, 2.45) is 0 Å². The number of fused-ring (bicyclic) bond motifs is 1. The van der Waals surface area contributed by atoms with Gasteiger partial charge in [-0.05, 0) is 12.1 Å². The lowest BCUT2D eigenvalue weighted by Gasteiger charge is -1.99. The summed E-state index contributed by atoms with van der Waals surface area (Å²) in [5.74, 6) is -0.174. The molecular formula is C8H6ClNO4S. The average molecular weight is 248 g/mol. The van der Waals surface area contributed by atoms with Crippen molar-refractivity contribution in [1.82, 2.24) is 4.98 Å². The standard InChI is InChI=1S/C8H6ClNO4S/c1-4-10-5-2-3-6(15(9,12)13)7(11)8(5)14-4/h2-3,11H,1H3. The van der Waals surface area contributed by atoms with Gasteiger partial charge in [0.05, 0.1) is 0 Å². The van der Waals surface area contributed by atoms with Crippen LogP contribution in [0.25, 0.3) is 11.1 Å². The molecule has 0 unspecified atom stereocenters. The van der Waals surface area contributed by atoms with Crippen molar-refractivity contribution in [1.29, 1.82) is 0 Å². The van der Waals surface area contributed by atoms with Gasteiger partial charge in [0.25, 0.3) is 9.05 Å². The van der Waals surface area contributed by atoms with E-state index in [4.69, 9.17) is 15.1 Å². The molecule has 1 heterocycles. The van der Waals surface area contributed by atoms with E-state index in [2.05, 4.69) is 4.98 Å². The molecule has 2 aromatic rings. The highest BCUT2D eigenvalue weighted by Gasteiger charge is 2.20. The van der Waals surface area contributed by atoms with E-state index in [0.29, 0.717) is 11.4 Å². The summed E-state index contributed by atoms with van der Waals surface area (Å²) in [6.45, 7) is 1.59. The monoisotopic (exact) mass is 247 g/mol. The van der Waals surface area contributed by atoms with E-state index in [1.807, 2.05) is 0 Å². The minimum absolute atomic E-state index is 0.0224. The molecule has 1 N–H and O–H groups in total. The SMILES string of the molecule is Cc1nc2ccc(S(=O)(=O)Cl)c(O)c2o1. The van der Waals surface area contributed by atoms with Crippen LogP contribution in [0.3, 0.4) is 0 Å². The zero-order chi connectivity index (χ0) is 11.2. The van der Waals surface area contributed by atoms with Crippen molar-refractivity contribution in [3.05, 3.63) is 18.0 Å². The van der Waals surface area contributed by atoms with Crippen LogP contribution < -0.4 is 0 Å². The number of halogens is 1. The van der Waals surface area contributed by atoms with Gasteiger partial charge in [0.2, 0.25) is 0 Å². The molecule has 0 atom stereocenters. The van der Waals surface area contributed by atoms with Crippen LogP contribution >= 0.6 is 10.7 Å². The second-order valence-electron chi connectivity index (χ2n) is 2.93. The Bertz CT molecular complexity index is 631. The lowest BCUT2D eigenvalue weighted by molar-refractivity contribution is 0.446. The summed E-state index contributed by atoms with van der Waals surface area (Å²) in [5, 5.41) is 9.60. The molecule has 0 aliphatic heterocycles. The molecule has 0 saturated heterocycles. The Morgan fingerprint density at radius 2 is 2.13 bits per heavy atom. The maximum absolute atomic E-state index is 11.0. The Labute approximate surface area is 89.7 Å². The number of aromatic hydroxyl groups is 1. The van der Waals surface area contributed by atoms with Gasteiger partial charge in [0.15, 0.2) is 17.2 Å². The fourth-order valence-electron chi connectivity index (χ4n) is 1.27. The summed E-state index contributed by atoms with van der Waals surface area (Å²) in [4.78, 5) is 3.55. The van der Waals surface area contributed by atoms with Gasteiger partial charge < -0.3 is 9.52 Å². The Balaban J connectivity index is 2.87. The van der Waals surface area contributed by atoms with Gasteiger partial charge in [-0.25, -0.2) is 13.4 Å². The van der Waals surface area contributed by atoms with E-state index in [9.17, 15) is 13.5 Å². The van der Waals surface area contributed by atoms with E-state index in [1.165, 1.54) is 12.1 Å². The zero-order valence-electron chi connectivity index (χ0n) is 7.56. The first-order valence-corrected chi connectivity index (χ1v) is 6.24. The Kier molecular flexibility index (Phi) is 2.13. The van der Waals surface area contributed by atoms with Crippen LogP contribution in [0.4, 0.5) is 0 Å². The third-order valence-electron chi connectivity index (χ3n) is 1.86. The lowest BCUT2D eigenvalue weighted by atomic mass is 10.3. The molecule has 0 spiro atoms. The predicted octanol–water partition coefficient (Wildman–Crippen LogP) is 1.77. The highest BCUT2D eigenvalue weighted by atomic mass is 35.7. The fraction of sp³-hybridized carbons (Fsp3) is 0.125. The number of oxazole rings is 1. The molecule has 7 heteroatoms. The van der Waals surface area contributed by atoms with Crippen LogP contribution in [-0.2, 0) is 9.05 Å². The van der Waals surface area contributed by atoms with E-state index < -0.39 is 14.8 Å². The first kappa shape index (κ1) is 10.3. The van der Waals surface area contributed by atoms with Crippen LogP contribution in [0.2, 0.25) is 0 Å². The summed E-state index contributed by atoms with van der Waals surface area (Å²) >= 11 is 0. The molecule has 0 aliphatic carbocycles. The summed E-state index contributed by atoms with van der Waals surface area (Å²) in [6, 6.07) is 2.60. The van der Waals surface area contributed by atoms with Crippen LogP contribution in [0.5, 0.6) is 5.75 Å². The van der Waals surface area contributed by atoms with Crippen molar-refractivity contribution < 1.29 is 17.9 Å². The van der Waals surface area contributed by atoms with Gasteiger partial charge in [-0.15, -0.1) is 0 Å². The first-order chi connectivity index (χ1) is 6.89. The van der Waals surface area contributed by atoms with Crippen LogP contribution in [0.15, 0.2) is 21.4 Å². The smallest absolute Gasteiger partial charge is 0.265 e. The molecule has 0 amide bonds. The quantitative estimate of drug-likeness (QED) is 0.777. The largest absolute Gasteiger partial charge is 0.503 e. The van der Waals surface area contributed by atoms with Gasteiger partial charge >= 0.3 is 0 Å². The highest BCUT2D eigenvalue weighted by molar-refractivity contribution is 8.13. The molecule has 5 nitrogen and oxygen atoms in total. The topological polar surface area (TPSA) is 80.4 Å². The normalized spacial score (nSPS) is 12.1. The Hall–Kier alpha value is -1.27. The summed E-state index contributed by atoms with van der Waals surface area (Å²) in [6.07, 6.45) is 0. The highest BCUT2D eigenvalue weighted by Crippen LogP contribution is 2.33. The number of phenolic OH excluding ortho intramolecular Hbond substituents is 1. The van der Waals surface area contributed by atoms with Crippen LogP contribution in [-0.4, -0.2) is 18.5 Å². The number of hydrogen-bond donors (Lipinski definition) is 1. The van der Waals surface area contributed by atoms with E-state index >= 15 is 0 Å². The number of aromatic nitrogens is 1. The van der Waals surface area contributed by atoms with Crippen LogP contribution in [0, 0.1) is 6.92 Å². The molecule has 0 bridgehead atoms. The molecule has 1 aromatic carbocycles. The minimum Gasteiger partial charge on any atom is -0.503 e. The number of phenols is 1. The molecule has 0 fully saturated rings. The van der Waals surface area contributed by atoms with E-state index in [0.717, 1.165) is 0 Å². The Morgan fingerprint density at radius 3 is 2.73 bits per heavy atom. The minimum atomic E-state index is -3.98. The number of benzene rings is 1. The molecule has 0 saturated carbocycles. The van der Waals surface area contributed by atoms with Crippen LogP contribution in [0.1, 0.15) is 5.89 Å². The van der Waals surface area contributed by atoms with E-state index in [1.54, 1.807) is 6.92 Å². The van der Waals surface area contributed by atoms with Crippen molar-refractivity contribution in [3.8, 4) is 5.75 Å². The number of rotatable bonds is 1. The summed E-state index contributed by atoms with van der Waals surface area (Å²) in [7, 11) is 1.14. The van der Waals surface area contributed by atoms with Gasteiger partial charge in [0.1, 0.15) is 10.4 Å². The predicted molar refractivity (Wildman–Crippen MR) is 53.4 cm³/mol. The van der Waals surface area contributed by atoms with Crippen molar-refractivity contribution in [2.75, 3.05) is 0 Å². The number of hydrogen-bond acceptors (Lipinski definition) is 5.